The summed E-state index contributed by atoms with van der Waals surface area (Å²) in [5, 5.41) is 2.84. The van der Waals surface area contributed by atoms with Crippen LogP contribution in [0.25, 0.3) is 11.3 Å². The van der Waals surface area contributed by atoms with Gasteiger partial charge in [0.2, 0.25) is 0 Å². The van der Waals surface area contributed by atoms with Crippen molar-refractivity contribution in [1.82, 2.24) is 4.98 Å². The molecule has 3 aromatic carbocycles. The van der Waals surface area contributed by atoms with E-state index in [1.807, 2.05) is 6.20 Å². The number of aromatic nitrogens is 1. The molecule has 0 saturated heterocycles. The molecule has 0 aliphatic rings. The molecule has 122 valence electrons. The first-order valence-corrected chi connectivity index (χ1v) is 10.0. The third-order valence-electron chi connectivity index (χ3n) is 4.37. The van der Waals surface area contributed by atoms with E-state index in [4.69, 9.17) is 0 Å². The van der Waals surface area contributed by atoms with E-state index in [9.17, 15) is 0 Å². The number of nitrogens with one attached hydrogen (secondary N) is 1. The maximum Gasteiger partial charge on any atom is 0.0456 e. The predicted octanol–water partition coefficient (Wildman–Crippen LogP) is 5.31. The zero-order valence-corrected chi connectivity index (χ0v) is 14.9. The lowest BCUT2D eigenvalue weighted by Crippen LogP contribution is -2.13. The van der Waals surface area contributed by atoms with Gasteiger partial charge in [-0.1, -0.05) is 84.9 Å². The molecule has 0 aliphatic carbocycles. The molecule has 0 fully saturated rings. The minimum atomic E-state index is -0.433. The first kappa shape index (κ1) is 15.9. The summed E-state index contributed by atoms with van der Waals surface area (Å²) < 4.78 is 0. The lowest BCUT2D eigenvalue weighted by molar-refractivity contribution is 1.34. The fraction of sp³-hybridized carbons (Fsp3) is 0.0435. The largest absolute Gasteiger partial charge is 0.361 e. The fourth-order valence-electron chi connectivity index (χ4n) is 3.14. The lowest BCUT2D eigenvalue weighted by atomic mass is 10.1. The summed E-state index contributed by atoms with van der Waals surface area (Å²) >= 11 is 0. The van der Waals surface area contributed by atoms with Gasteiger partial charge >= 0.3 is 0 Å². The molecule has 1 heterocycles. The second-order valence-electron chi connectivity index (χ2n) is 6.00. The number of aromatic amines is 1. The molecule has 1 aromatic heterocycles. The van der Waals surface area contributed by atoms with Crippen LogP contribution in [0.1, 0.15) is 5.56 Å². The molecule has 0 atom stereocenters. The summed E-state index contributed by atoms with van der Waals surface area (Å²) in [5.41, 5.74) is 3.88. The maximum absolute atomic E-state index is 3.35. The molecule has 4 aromatic rings. The van der Waals surface area contributed by atoms with Crippen LogP contribution in [0.15, 0.2) is 103 Å². The minimum absolute atomic E-state index is 0.433. The van der Waals surface area contributed by atoms with Crippen LogP contribution in [0.4, 0.5) is 0 Å². The fourth-order valence-corrected chi connectivity index (χ4v) is 5.48. The standard InChI is InChI=1S/C23H20NP/c1-3-11-20(12-4-1)25(21-13-5-2-6-14-21)18-19-10-7-8-15-22(19)23-16-9-17-24-23/h1-17,24H,18H2. The van der Waals surface area contributed by atoms with Crippen molar-refractivity contribution in [2.24, 2.45) is 0 Å². The van der Waals surface area contributed by atoms with E-state index < -0.39 is 7.92 Å². The van der Waals surface area contributed by atoms with Gasteiger partial charge in [-0.15, -0.1) is 0 Å². The number of hydrogen-bond donors (Lipinski definition) is 1. The van der Waals surface area contributed by atoms with Crippen molar-refractivity contribution >= 4 is 18.5 Å². The highest BCUT2D eigenvalue weighted by atomic mass is 31.1. The molecule has 25 heavy (non-hydrogen) atoms. The van der Waals surface area contributed by atoms with Crippen LogP contribution in [-0.4, -0.2) is 4.98 Å². The first-order valence-electron chi connectivity index (χ1n) is 8.51. The molecule has 0 saturated carbocycles. The van der Waals surface area contributed by atoms with Crippen LogP contribution in [-0.2, 0) is 6.16 Å². The van der Waals surface area contributed by atoms with Crippen molar-refractivity contribution in [3.63, 3.8) is 0 Å². The number of hydrogen-bond acceptors (Lipinski definition) is 0. The van der Waals surface area contributed by atoms with E-state index in [1.165, 1.54) is 27.4 Å². The highest BCUT2D eigenvalue weighted by Crippen LogP contribution is 2.40. The van der Waals surface area contributed by atoms with Gasteiger partial charge in [0.05, 0.1) is 0 Å². The Hall–Kier alpha value is -2.63. The number of H-pyrrole nitrogens is 1. The molecule has 0 amide bonds. The second kappa shape index (κ2) is 7.51. The van der Waals surface area contributed by atoms with Crippen LogP contribution in [0.5, 0.6) is 0 Å². The predicted molar refractivity (Wildman–Crippen MR) is 109 cm³/mol. The van der Waals surface area contributed by atoms with Crippen molar-refractivity contribution in [1.29, 1.82) is 0 Å². The Labute approximate surface area is 150 Å². The van der Waals surface area contributed by atoms with Crippen molar-refractivity contribution in [3.05, 3.63) is 109 Å². The molecule has 0 bridgehead atoms. The molecule has 1 N–H and O–H groups in total. The third kappa shape index (κ3) is 3.57. The minimum Gasteiger partial charge on any atom is -0.361 e. The van der Waals surface area contributed by atoms with Gasteiger partial charge in [0, 0.05) is 23.6 Å². The molecule has 0 radical (unpaired) electrons. The Balaban J connectivity index is 1.76. The van der Waals surface area contributed by atoms with E-state index in [0.29, 0.717) is 0 Å². The van der Waals surface area contributed by atoms with Crippen molar-refractivity contribution in [2.75, 3.05) is 0 Å². The Morgan fingerprint density at radius 3 is 1.80 bits per heavy atom. The van der Waals surface area contributed by atoms with Crippen LogP contribution in [0.3, 0.4) is 0 Å². The summed E-state index contributed by atoms with van der Waals surface area (Å²) in [6.45, 7) is 0. The van der Waals surface area contributed by atoms with Crippen molar-refractivity contribution < 1.29 is 0 Å². The molecule has 2 heteroatoms. The molecule has 0 spiro atoms. The molecule has 0 aliphatic heterocycles. The summed E-state index contributed by atoms with van der Waals surface area (Å²) in [7, 11) is -0.433. The Kier molecular flexibility index (Phi) is 4.77. The highest BCUT2D eigenvalue weighted by molar-refractivity contribution is 7.72. The van der Waals surface area contributed by atoms with E-state index in [1.54, 1.807) is 0 Å². The van der Waals surface area contributed by atoms with Gasteiger partial charge in [-0.2, -0.15) is 0 Å². The summed E-state index contributed by atoms with van der Waals surface area (Å²) in [5.74, 6) is 0. The quantitative estimate of drug-likeness (QED) is 0.473. The molecule has 0 unspecified atom stereocenters. The first-order chi connectivity index (χ1) is 12.4. The zero-order valence-electron chi connectivity index (χ0n) is 14.0. The normalized spacial score (nSPS) is 10.9. The van der Waals surface area contributed by atoms with Gasteiger partial charge in [-0.25, -0.2) is 0 Å². The number of benzene rings is 3. The van der Waals surface area contributed by atoms with Gasteiger partial charge < -0.3 is 4.98 Å². The molecular formula is C23H20NP. The van der Waals surface area contributed by atoms with E-state index in [-0.39, 0.29) is 0 Å². The zero-order chi connectivity index (χ0) is 16.9. The average molecular weight is 341 g/mol. The monoisotopic (exact) mass is 341 g/mol. The van der Waals surface area contributed by atoms with Gasteiger partial charge in [0.1, 0.15) is 0 Å². The Bertz CT molecular complexity index is 875. The smallest absolute Gasteiger partial charge is 0.0456 e. The molecular weight excluding hydrogens is 321 g/mol. The number of rotatable bonds is 5. The summed E-state index contributed by atoms with van der Waals surface area (Å²) in [6, 6.07) is 34.7. The van der Waals surface area contributed by atoms with E-state index in [0.717, 1.165) is 6.16 Å². The van der Waals surface area contributed by atoms with Gasteiger partial charge in [0.15, 0.2) is 0 Å². The van der Waals surface area contributed by atoms with E-state index >= 15 is 0 Å². The van der Waals surface area contributed by atoms with Crippen molar-refractivity contribution in [3.8, 4) is 11.3 Å². The Morgan fingerprint density at radius 1 is 0.600 bits per heavy atom. The second-order valence-corrected chi connectivity index (χ2v) is 8.20. The Morgan fingerprint density at radius 2 is 1.20 bits per heavy atom. The van der Waals surface area contributed by atoms with Gasteiger partial charge in [-0.3, -0.25) is 0 Å². The van der Waals surface area contributed by atoms with Crippen LogP contribution < -0.4 is 10.6 Å². The van der Waals surface area contributed by atoms with Gasteiger partial charge in [0.25, 0.3) is 0 Å². The maximum atomic E-state index is 3.35. The van der Waals surface area contributed by atoms with E-state index in [2.05, 4.69) is 102 Å². The average Bonchev–Trinajstić information content (AvgIpc) is 3.22. The van der Waals surface area contributed by atoms with Crippen LogP contribution in [0.2, 0.25) is 0 Å². The molecule has 4 rings (SSSR count). The lowest BCUT2D eigenvalue weighted by Gasteiger charge is -2.20. The molecule has 1 nitrogen and oxygen atoms in total. The van der Waals surface area contributed by atoms with Gasteiger partial charge in [-0.05, 0) is 36.2 Å². The summed E-state index contributed by atoms with van der Waals surface area (Å²) in [4.78, 5) is 3.35. The van der Waals surface area contributed by atoms with Crippen LogP contribution >= 0.6 is 7.92 Å². The summed E-state index contributed by atoms with van der Waals surface area (Å²) in [6.07, 6.45) is 3.03. The van der Waals surface area contributed by atoms with Crippen molar-refractivity contribution in [2.45, 2.75) is 6.16 Å². The SMILES string of the molecule is c1ccc(P(Cc2ccccc2-c2ccc[nH]2)c2ccccc2)cc1. The topological polar surface area (TPSA) is 15.8 Å². The van der Waals surface area contributed by atoms with Crippen LogP contribution in [0, 0.1) is 0 Å². The highest BCUT2D eigenvalue weighted by Gasteiger charge is 2.16. The third-order valence-corrected chi connectivity index (χ3v) is 6.87.